The van der Waals surface area contributed by atoms with E-state index in [4.69, 9.17) is 23.7 Å². The molecule has 288 valence electrons. The van der Waals surface area contributed by atoms with Crippen molar-refractivity contribution >= 4 is 35.6 Å². The number of aliphatic hydroxyl groups excluding tert-OH is 2. The minimum atomic E-state index is -1.89. The molecule has 7 aliphatic carbocycles. The van der Waals surface area contributed by atoms with Crippen LogP contribution in [0.3, 0.4) is 0 Å². The van der Waals surface area contributed by atoms with Gasteiger partial charge in [0.05, 0.1) is 25.0 Å². The van der Waals surface area contributed by atoms with Gasteiger partial charge in [-0.25, -0.2) is 19.2 Å². The lowest BCUT2D eigenvalue weighted by atomic mass is 9.42. The zero-order valence-electron chi connectivity index (χ0n) is 30.8. The molecule has 0 unspecified atom stereocenters. The Kier molecular flexibility index (Phi) is 7.39. The van der Waals surface area contributed by atoms with Gasteiger partial charge in [0.15, 0.2) is 11.9 Å². The number of rotatable bonds is 1. The molecule has 2 aliphatic heterocycles. The van der Waals surface area contributed by atoms with E-state index < -0.39 is 101 Å². The summed E-state index contributed by atoms with van der Waals surface area (Å²) in [5.74, 6) is -7.42. The van der Waals surface area contributed by atoms with Crippen LogP contribution < -0.4 is 0 Å². The molecule has 14 heteroatoms. The third-order valence-corrected chi connectivity index (χ3v) is 15.2. The van der Waals surface area contributed by atoms with E-state index in [-0.39, 0.29) is 60.0 Å². The summed E-state index contributed by atoms with van der Waals surface area (Å²) in [6.07, 6.45) is -1.07. The van der Waals surface area contributed by atoms with E-state index in [1.807, 2.05) is 6.92 Å². The molecule has 9 rings (SSSR count). The number of allylic oxidation sites excluding steroid dienone is 1. The summed E-state index contributed by atoms with van der Waals surface area (Å²) in [6.45, 7) is 5.67. The lowest BCUT2D eigenvalue weighted by Gasteiger charge is -2.63. The van der Waals surface area contributed by atoms with E-state index in [0.29, 0.717) is 24.0 Å². The Morgan fingerprint density at radius 1 is 0.926 bits per heavy atom. The molecule has 0 aromatic heterocycles. The normalized spacial score (nSPS) is 48.0. The molecule has 5 fully saturated rings. The molecule has 14 nitrogen and oxygen atoms in total. The smallest absolute Gasteiger partial charge is 0.338 e. The van der Waals surface area contributed by atoms with Gasteiger partial charge < -0.3 is 39.0 Å². The summed E-state index contributed by atoms with van der Waals surface area (Å²) in [5, 5.41) is 35.0. The molecule has 0 aromatic rings. The topological polar surface area (TPSA) is 209 Å². The number of esters is 5. The van der Waals surface area contributed by atoms with Crippen molar-refractivity contribution in [2.24, 2.45) is 52.3 Å². The lowest BCUT2D eigenvalue weighted by molar-refractivity contribution is -0.191. The number of carbonyl (C=O) groups is 6. The van der Waals surface area contributed by atoms with Crippen molar-refractivity contribution < 1.29 is 67.8 Å². The predicted molar refractivity (Wildman–Crippen MR) is 180 cm³/mol. The van der Waals surface area contributed by atoms with Crippen LogP contribution in [0.5, 0.6) is 0 Å². The quantitative estimate of drug-likeness (QED) is 0.150. The number of methoxy groups -OCH3 is 1. The largest absolute Gasteiger partial charge is 0.466 e. The summed E-state index contributed by atoms with van der Waals surface area (Å²) in [5.41, 5.74) is -2.21. The van der Waals surface area contributed by atoms with Gasteiger partial charge in [0, 0.05) is 34.5 Å². The molecule has 9 aliphatic rings. The molecule has 1 spiro atoms. The van der Waals surface area contributed by atoms with Gasteiger partial charge in [-0.1, -0.05) is 19.4 Å². The fourth-order valence-electron chi connectivity index (χ4n) is 12.7. The fraction of sp³-hybridized carbons (Fsp3) is 0.650. The van der Waals surface area contributed by atoms with Crippen molar-refractivity contribution in [3.05, 3.63) is 45.1 Å². The van der Waals surface area contributed by atoms with Crippen LogP contribution in [0.15, 0.2) is 45.1 Å². The summed E-state index contributed by atoms with van der Waals surface area (Å²) in [7, 11) is 1.20. The molecule has 54 heavy (non-hydrogen) atoms. The first-order chi connectivity index (χ1) is 25.5. The Labute approximate surface area is 310 Å². The Bertz CT molecular complexity index is 2000. The van der Waals surface area contributed by atoms with Crippen molar-refractivity contribution in [3.8, 4) is 0 Å². The fourth-order valence-corrected chi connectivity index (χ4v) is 12.7. The first kappa shape index (κ1) is 35.6. The van der Waals surface area contributed by atoms with Crippen molar-refractivity contribution in [3.63, 3.8) is 0 Å². The van der Waals surface area contributed by atoms with Crippen molar-refractivity contribution in [2.45, 2.75) is 83.2 Å². The van der Waals surface area contributed by atoms with Crippen LogP contribution in [-0.2, 0) is 52.5 Å². The lowest BCUT2D eigenvalue weighted by Crippen LogP contribution is -2.67. The molecule has 0 saturated heterocycles. The molecular weight excluding hydrogens is 704 g/mol. The van der Waals surface area contributed by atoms with Gasteiger partial charge in [-0.3, -0.25) is 9.59 Å². The van der Waals surface area contributed by atoms with Gasteiger partial charge in [-0.05, 0) is 85.3 Å². The summed E-state index contributed by atoms with van der Waals surface area (Å²) >= 11 is 0. The van der Waals surface area contributed by atoms with Gasteiger partial charge in [-0.2, -0.15) is 0 Å². The monoisotopic (exact) mass is 748 g/mol. The van der Waals surface area contributed by atoms with Crippen LogP contribution >= 0.6 is 0 Å². The average Bonchev–Trinajstić information content (AvgIpc) is 4.05. The van der Waals surface area contributed by atoms with Gasteiger partial charge >= 0.3 is 29.8 Å². The first-order valence-corrected chi connectivity index (χ1v) is 18.7. The zero-order valence-corrected chi connectivity index (χ0v) is 30.8. The highest BCUT2D eigenvalue weighted by atomic mass is 16.6. The molecule has 0 aromatic carbocycles. The third kappa shape index (κ3) is 4.27. The highest BCUT2D eigenvalue weighted by Gasteiger charge is 2.84. The Balaban J connectivity index is 1.26. The highest BCUT2D eigenvalue weighted by Crippen LogP contribution is 2.83. The minimum absolute atomic E-state index is 0.00499. The molecular formula is C40H44O14. The number of hydrogen-bond acceptors (Lipinski definition) is 14. The Morgan fingerprint density at radius 2 is 1.67 bits per heavy atom. The summed E-state index contributed by atoms with van der Waals surface area (Å²) < 4.78 is 28.1. The number of cyclic esters (lactones) is 3. The maximum Gasteiger partial charge on any atom is 0.338 e. The second-order valence-electron chi connectivity index (χ2n) is 17.4. The van der Waals surface area contributed by atoms with Crippen LogP contribution in [0.4, 0.5) is 0 Å². The van der Waals surface area contributed by atoms with Crippen molar-refractivity contribution in [1.82, 2.24) is 0 Å². The summed E-state index contributed by atoms with van der Waals surface area (Å²) in [4.78, 5) is 80.9. The molecule has 3 N–H and O–H groups in total. The number of fused-ring (bicyclic) bond motifs is 7. The van der Waals surface area contributed by atoms with E-state index in [9.17, 15) is 44.1 Å². The second-order valence-corrected chi connectivity index (χ2v) is 17.4. The van der Waals surface area contributed by atoms with Crippen LogP contribution in [0.25, 0.3) is 0 Å². The highest BCUT2D eigenvalue weighted by molar-refractivity contribution is 6.09. The number of carbonyl (C=O) groups excluding carboxylic acids is 6. The number of Topliss-reactive ketones (excluding diaryl/α,β-unsaturated/α-hetero) is 1. The van der Waals surface area contributed by atoms with E-state index in [1.165, 1.54) is 21.0 Å². The van der Waals surface area contributed by atoms with E-state index in [0.717, 1.165) is 23.6 Å². The zero-order chi connectivity index (χ0) is 38.6. The number of hydrogen-bond donors (Lipinski definition) is 3. The molecule has 2 heterocycles. The average molecular weight is 749 g/mol. The minimum Gasteiger partial charge on any atom is -0.466 e. The molecule has 0 radical (unpaired) electrons. The van der Waals surface area contributed by atoms with Crippen LogP contribution in [0.1, 0.15) is 59.8 Å². The van der Waals surface area contributed by atoms with E-state index in [1.54, 1.807) is 0 Å². The van der Waals surface area contributed by atoms with Gasteiger partial charge in [-0.15, -0.1) is 0 Å². The van der Waals surface area contributed by atoms with Gasteiger partial charge in [0.1, 0.15) is 37.1 Å². The number of ether oxygens (including phenoxy) is 5. The number of ketones is 1. The summed E-state index contributed by atoms with van der Waals surface area (Å²) in [6, 6.07) is 0. The van der Waals surface area contributed by atoms with Crippen LogP contribution in [0, 0.1) is 52.3 Å². The predicted octanol–water partition coefficient (Wildman–Crippen LogP) is 1.35. The van der Waals surface area contributed by atoms with E-state index >= 15 is 0 Å². The SMILES string of the molecule is COC(=O)/C(C)=C1\C(=O)[C@H](O)[C@]2(C)C3=C(C[C@@H]4[C@]5(OC(=O)C6=C5C[C@H]5[C@](O)(COC(=O)/C=C(/C)COC(=O)[C@@H](O)CC(=O)OC6)[C@H]6C[C@H]6[C@]45C)[C@H]31)[C@H]1C[C@H]12. The number of aliphatic hydroxyl groups is 3. The molecule has 13 atom stereocenters. The standard InChI is InChI=1S/C40H44O14/c1-15-6-27(42)53-14-39(49)23-9-22(23)37(3)25(39)10-21-19(13-51-28(43)11-24(41)36(48)52-12-15)35(47)54-40(21)26(37)8-18-17-7-20(17)38(4)30(18)31(40)29(32(44)33(38)45)16(2)34(46)50-5/h6,17,20,22-26,31,33,41,45,49H,7-14H2,1-5H3/b15-6-,29-16-/t17-,20-,22-,23+,24+,25-,26+,31+,33+,37+,38+,39+,40+/m1/s1. The van der Waals surface area contributed by atoms with E-state index in [2.05, 4.69) is 6.92 Å². The van der Waals surface area contributed by atoms with Crippen LogP contribution in [0.2, 0.25) is 0 Å². The van der Waals surface area contributed by atoms with Crippen molar-refractivity contribution in [2.75, 3.05) is 26.9 Å². The third-order valence-electron chi connectivity index (χ3n) is 15.2. The van der Waals surface area contributed by atoms with Gasteiger partial charge in [0.25, 0.3) is 0 Å². The Morgan fingerprint density at radius 3 is 2.39 bits per heavy atom. The first-order valence-electron chi connectivity index (χ1n) is 18.7. The maximum absolute atomic E-state index is 14.6. The molecule has 5 saturated carbocycles. The molecule has 0 amide bonds. The van der Waals surface area contributed by atoms with Gasteiger partial charge in [0.2, 0.25) is 0 Å². The van der Waals surface area contributed by atoms with Crippen molar-refractivity contribution in [1.29, 1.82) is 0 Å². The molecule has 2 bridgehead atoms. The van der Waals surface area contributed by atoms with Crippen LogP contribution in [-0.4, -0.2) is 101 Å². The Hall–Kier alpha value is -4.14. The second kappa shape index (κ2) is 11.2. The maximum atomic E-state index is 14.6.